The van der Waals surface area contributed by atoms with Crippen molar-refractivity contribution in [2.45, 2.75) is 6.92 Å². The predicted octanol–water partition coefficient (Wildman–Crippen LogP) is 2.42. The Morgan fingerprint density at radius 3 is 2.88 bits per heavy atom. The van der Waals surface area contributed by atoms with Crippen molar-refractivity contribution in [2.24, 2.45) is 0 Å². The van der Waals surface area contributed by atoms with Gasteiger partial charge in [0.2, 0.25) is 0 Å². The number of carbonyl (C=O) groups is 1. The van der Waals surface area contributed by atoms with Crippen LogP contribution >= 0.6 is 0 Å². The van der Waals surface area contributed by atoms with E-state index in [1.54, 1.807) is 38.4 Å². The van der Waals surface area contributed by atoms with E-state index in [1.165, 1.54) is 0 Å². The van der Waals surface area contributed by atoms with Crippen molar-refractivity contribution in [3.8, 4) is 5.75 Å². The second-order valence-corrected chi connectivity index (χ2v) is 3.44. The molecule has 4 heteroatoms. The molecular weight excluding hydrogens is 218 g/mol. The summed E-state index contributed by atoms with van der Waals surface area (Å²) in [6.07, 6.45) is 1.67. The molecule has 1 aromatic carbocycles. The van der Waals surface area contributed by atoms with Gasteiger partial charge in [-0.05, 0) is 25.1 Å². The minimum absolute atomic E-state index is 0.340. The van der Waals surface area contributed by atoms with Gasteiger partial charge in [-0.25, -0.2) is 4.79 Å². The highest BCUT2D eigenvalue weighted by atomic mass is 16.5. The molecule has 0 aliphatic rings. The Balaban J connectivity index is 2.62. The number of pyridine rings is 1. The summed E-state index contributed by atoms with van der Waals surface area (Å²) in [5.41, 5.74) is 1.18. The molecule has 2 aromatic rings. The number of aromatic nitrogens is 1. The number of ether oxygens (including phenoxy) is 2. The van der Waals surface area contributed by atoms with Crippen LogP contribution in [0.15, 0.2) is 30.5 Å². The van der Waals surface area contributed by atoms with Crippen LogP contribution in [0.2, 0.25) is 0 Å². The van der Waals surface area contributed by atoms with Gasteiger partial charge in [-0.2, -0.15) is 0 Å². The van der Waals surface area contributed by atoms with Gasteiger partial charge in [0.05, 0.1) is 19.3 Å². The maximum absolute atomic E-state index is 11.8. The quantitative estimate of drug-likeness (QED) is 0.761. The lowest BCUT2D eigenvalue weighted by atomic mass is 10.1. The van der Waals surface area contributed by atoms with Crippen molar-refractivity contribution in [2.75, 3.05) is 13.7 Å². The molecule has 0 radical (unpaired) electrons. The number of methoxy groups -OCH3 is 1. The zero-order valence-electron chi connectivity index (χ0n) is 9.77. The number of fused-ring (bicyclic) bond motifs is 1. The first-order chi connectivity index (χ1) is 8.27. The van der Waals surface area contributed by atoms with Crippen molar-refractivity contribution in [3.05, 3.63) is 36.0 Å². The minimum Gasteiger partial charge on any atom is -0.494 e. The Hall–Kier alpha value is -2.10. The highest BCUT2D eigenvalue weighted by molar-refractivity contribution is 6.05. The van der Waals surface area contributed by atoms with Gasteiger partial charge in [0.25, 0.3) is 0 Å². The topological polar surface area (TPSA) is 48.4 Å². The van der Waals surface area contributed by atoms with Gasteiger partial charge in [0.1, 0.15) is 11.3 Å². The fourth-order valence-corrected chi connectivity index (χ4v) is 1.70. The summed E-state index contributed by atoms with van der Waals surface area (Å²) in [6.45, 7) is 2.13. The molecule has 17 heavy (non-hydrogen) atoms. The minimum atomic E-state index is -0.340. The summed E-state index contributed by atoms with van der Waals surface area (Å²) in [7, 11) is 1.58. The summed E-state index contributed by atoms with van der Waals surface area (Å²) >= 11 is 0. The maximum atomic E-state index is 11.8. The van der Waals surface area contributed by atoms with Gasteiger partial charge >= 0.3 is 5.97 Å². The molecule has 0 spiro atoms. The molecule has 0 atom stereocenters. The van der Waals surface area contributed by atoms with Crippen LogP contribution in [0.3, 0.4) is 0 Å². The first-order valence-electron chi connectivity index (χ1n) is 5.36. The molecule has 1 aromatic heterocycles. The van der Waals surface area contributed by atoms with E-state index in [2.05, 4.69) is 4.98 Å². The molecule has 0 bridgehead atoms. The Kier molecular flexibility index (Phi) is 3.23. The van der Waals surface area contributed by atoms with E-state index in [1.807, 2.05) is 6.07 Å². The van der Waals surface area contributed by atoms with Crippen LogP contribution in [-0.2, 0) is 4.74 Å². The summed E-state index contributed by atoms with van der Waals surface area (Å²) < 4.78 is 10.2. The smallest absolute Gasteiger partial charge is 0.338 e. The zero-order chi connectivity index (χ0) is 12.3. The summed E-state index contributed by atoms with van der Waals surface area (Å²) in [4.78, 5) is 16.0. The maximum Gasteiger partial charge on any atom is 0.338 e. The number of hydrogen-bond acceptors (Lipinski definition) is 4. The number of esters is 1. The zero-order valence-corrected chi connectivity index (χ0v) is 9.77. The number of rotatable bonds is 3. The van der Waals surface area contributed by atoms with Crippen molar-refractivity contribution in [1.82, 2.24) is 4.98 Å². The molecule has 0 saturated carbocycles. The second kappa shape index (κ2) is 4.82. The Morgan fingerprint density at radius 1 is 1.35 bits per heavy atom. The average molecular weight is 231 g/mol. The average Bonchev–Trinajstić information content (AvgIpc) is 2.37. The van der Waals surface area contributed by atoms with Crippen molar-refractivity contribution in [3.63, 3.8) is 0 Å². The van der Waals surface area contributed by atoms with Gasteiger partial charge in [-0.15, -0.1) is 0 Å². The van der Waals surface area contributed by atoms with Crippen LogP contribution in [0.5, 0.6) is 5.75 Å². The van der Waals surface area contributed by atoms with E-state index in [-0.39, 0.29) is 5.97 Å². The summed E-state index contributed by atoms with van der Waals surface area (Å²) in [5, 5.41) is 0.741. The Morgan fingerprint density at radius 2 is 2.18 bits per heavy atom. The van der Waals surface area contributed by atoms with Gasteiger partial charge in [0.15, 0.2) is 0 Å². The highest BCUT2D eigenvalue weighted by Crippen LogP contribution is 2.26. The molecule has 0 N–H and O–H groups in total. The lowest BCUT2D eigenvalue weighted by Gasteiger charge is -2.08. The first-order valence-corrected chi connectivity index (χ1v) is 5.36. The van der Waals surface area contributed by atoms with E-state index in [0.717, 1.165) is 5.39 Å². The van der Waals surface area contributed by atoms with Crippen molar-refractivity contribution < 1.29 is 14.3 Å². The van der Waals surface area contributed by atoms with E-state index in [0.29, 0.717) is 23.4 Å². The molecule has 0 saturated heterocycles. The van der Waals surface area contributed by atoms with Crippen LogP contribution in [0, 0.1) is 0 Å². The van der Waals surface area contributed by atoms with Crippen LogP contribution in [-0.4, -0.2) is 24.7 Å². The third-order valence-electron chi connectivity index (χ3n) is 2.45. The van der Waals surface area contributed by atoms with Crippen molar-refractivity contribution >= 4 is 16.9 Å². The van der Waals surface area contributed by atoms with Crippen LogP contribution in [0.25, 0.3) is 10.9 Å². The molecule has 0 unspecified atom stereocenters. The molecule has 0 fully saturated rings. The number of benzene rings is 1. The fraction of sp³-hybridized carbons (Fsp3) is 0.231. The molecule has 88 valence electrons. The lowest BCUT2D eigenvalue weighted by molar-refractivity contribution is 0.0528. The molecule has 0 amide bonds. The largest absolute Gasteiger partial charge is 0.494 e. The molecule has 0 aliphatic carbocycles. The highest BCUT2D eigenvalue weighted by Gasteiger charge is 2.13. The molecule has 2 rings (SSSR count). The fourth-order valence-electron chi connectivity index (χ4n) is 1.70. The van der Waals surface area contributed by atoms with E-state index in [9.17, 15) is 4.79 Å². The summed E-state index contributed by atoms with van der Waals surface area (Å²) in [6, 6.07) is 7.03. The van der Waals surface area contributed by atoms with Crippen LogP contribution in [0.4, 0.5) is 0 Å². The van der Waals surface area contributed by atoms with Gasteiger partial charge in [0, 0.05) is 11.6 Å². The second-order valence-electron chi connectivity index (χ2n) is 3.44. The van der Waals surface area contributed by atoms with Crippen molar-refractivity contribution in [1.29, 1.82) is 0 Å². The van der Waals surface area contributed by atoms with Gasteiger partial charge in [-0.3, -0.25) is 4.98 Å². The summed E-state index contributed by atoms with van der Waals surface area (Å²) in [5.74, 6) is 0.307. The van der Waals surface area contributed by atoms with E-state index in [4.69, 9.17) is 9.47 Å². The Labute approximate surface area is 99.2 Å². The van der Waals surface area contributed by atoms with E-state index < -0.39 is 0 Å². The monoisotopic (exact) mass is 231 g/mol. The lowest BCUT2D eigenvalue weighted by Crippen LogP contribution is -2.05. The number of hydrogen-bond donors (Lipinski definition) is 0. The predicted molar refractivity (Wildman–Crippen MR) is 64.3 cm³/mol. The first kappa shape index (κ1) is 11.4. The molecular formula is C13H13NO3. The SMILES string of the molecule is CCOC(=O)c1ccc(OC)c2ncccc12. The van der Waals surface area contributed by atoms with Crippen LogP contribution < -0.4 is 4.74 Å². The van der Waals surface area contributed by atoms with Gasteiger partial charge < -0.3 is 9.47 Å². The molecule has 0 aliphatic heterocycles. The molecule has 4 nitrogen and oxygen atoms in total. The van der Waals surface area contributed by atoms with Crippen LogP contribution in [0.1, 0.15) is 17.3 Å². The third kappa shape index (κ3) is 2.06. The van der Waals surface area contributed by atoms with Gasteiger partial charge in [-0.1, -0.05) is 6.07 Å². The molecule has 1 heterocycles. The number of carbonyl (C=O) groups excluding carboxylic acids is 1. The standard InChI is InChI=1S/C13H13NO3/c1-3-17-13(15)10-6-7-11(16-2)12-9(10)5-4-8-14-12/h4-8H,3H2,1-2H3. The number of nitrogens with zero attached hydrogens (tertiary/aromatic N) is 1. The third-order valence-corrected chi connectivity index (χ3v) is 2.45. The Bertz CT molecular complexity index is 551. The van der Waals surface area contributed by atoms with E-state index >= 15 is 0 Å². The normalized spacial score (nSPS) is 10.2.